The summed E-state index contributed by atoms with van der Waals surface area (Å²) in [6.45, 7) is 2.88. The van der Waals surface area contributed by atoms with Crippen LogP contribution in [0.15, 0.2) is 29.8 Å². The highest BCUT2D eigenvalue weighted by Crippen LogP contribution is 2.26. The van der Waals surface area contributed by atoms with Gasteiger partial charge in [-0.05, 0) is 6.07 Å². The van der Waals surface area contributed by atoms with Gasteiger partial charge in [-0.2, -0.15) is 0 Å². The van der Waals surface area contributed by atoms with Crippen LogP contribution in [0.2, 0.25) is 0 Å². The first-order valence-corrected chi connectivity index (χ1v) is 7.36. The lowest BCUT2D eigenvalue weighted by Gasteiger charge is -2.35. The molecule has 0 bridgehead atoms. The third-order valence-electron chi connectivity index (χ3n) is 3.41. The van der Waals surface area contributed by atoms with Crippen molar-refractivity contribution in [3.05, 3.63) is 45.7 Å². The Hall–Kier alpha value is -2.22. The number of halogens is 1. The van der Waals surface area contributed by atoms with Crippen molar-refractivity contribution in [2.45, 2.75) is 0 Å². The number of thiazole rings is 1. The Morgan fingerprint density at radius 1 is 1.19 bits per heavy atom. The van der Waals surface area contributed by atoms with Crippen LogP contribution in [-0.2, 0) is 0 Å². The molecule has 0 N–H and O–H groups in total. The summed E-state index contributed by atoms with van der Waals surface area (Å²) in [6, 6.07) is 3.70. The van der Waals surface area contributed by atoms with Crippen molar-refractivity contribution >= 4 is 27.8 Å². The van der Waals surface area contributed by atoms with Crippen molar-refractivity contribution in [1.29, 1.82) is 0 Å². The van der Waals surface area contributed by atoms with Crippen molar-refractivity contribution in [2.24, 2.45) is 0 Å². The van der Waals surface area contributed by atoms with Gasteiger partial charge in [-0.25, -0.2) is 9.37 Å². The molecule has 0 amide bonds. The Morgan fingerprint density at radius 2 is 1.90 bits per heavy atom. The molecule has 0 radical (unpaired) electrons. The molecule has 21 heavy (non-hydrogen) atoms. The Bertz CT molecular complexity index is 642. The van der Waals surface area contributed by atoms with Crippen molar-refractivity contribution < 1.29 is 9.31 Å². The minimum absolute atomic E-state index is 0.215. The molecule has 1 fully saturated rings. The van der Waals surface area contributed by atoms with Gasteiger partial charge in [0.2, 0.25) is 0 Å². The first-order valence-electron chi connectivity index (χ1n) is 6.48. The van der Waals surface area contributed by atoms with Crippen LogP contribution in [0.3, 0.4) is 0 Å². The van der Waals surface area contributed by atoms with E-state index in [0.717, 1.165) is 24.3 Å². The van der Waals surface area contributed by atoms with E-state index >= 15 is 0 Å². The van der Waals surface area contributed by atoms with Crippen LogP contribution in [0.25, 0.3) is 0 Å². The number of nitro groups is 1. The zero-order valence-electron chi connectivity index (χ0n) is 11.1. The number of hydrogen-bond donors (Lipinski definition) is 0. The van der Waals surface area contributed by atoms with Crippen LogP contribution < -0.4 is 9.80 Å². The third kappa shape index (κ3) is 2.94. The first kappa shape index (κ1) is 13.7. The molecule has 1 aliphatic heterocycles. The van der Waals surface area contributed by atoms with Gasteiger partial charge in [0.25, 0.3) is 5.69 Å². The normalized spacial score (nSPS) is 15.3. The van der Waals surface area contributed by atoms with E-state index in [4.69, 9.17) is 0 Å². The third-order valence-corrected chi connectivity index (χ3v) is 4.24. The first-order chi connectivity index (χ1) is 10.1. The van der Waals surface area contributed by atoms with Gasteiger partial charge in [-0.3, -0.25) is 10.1 Å². The molecule has 8 heteroatoms. The maximum atomic E-state index is 13.5. The molecular weight excluding hydrogens is 295 g/mol. The minimum Gasteiger partial charge on any atom is -0.368 e. The molecule has 3 rings (SSSR count). The van der Waals surface area contributed by atoms with E-state index in [2.05, 4.69) is 9.88 Å². The smallest absolute Gasteiger partial charge is 0.274 e. The van der Waals surface area contributed by atoms with E-state index in [9.17, 15) is 14.5 Å². The van der Waals surface area contributed by atoms with E-state index in [1.54, 1.807) is 17.5 Å². The van der Waals surface area contributed by atoms with Crippen LogP contribution in [0, 0.1) is 15.9 Å². The predicted octanol–water partition coefficient (Wildman–Crippen LogP) is 2.52. The summed E-state index contributed by atoms with van der Waals surface area (Å²) in [6.07, 6.45) is 1.77. The largest absolute Gasteiger partial charge is 0.368 e. The standard InChI is InChI=1S/C13H13FN4O2S/c14-10-7-11(9-12(8-10)18(19)20)16-2-4-17(5-3-16)13-15-1-6-21-13/h1,6-9H,2-5H2. The average Bonchev–Trinajstić information content (AvgIpc) is 3.01. The summed E-state index contributed by atoms with van der Waals surface area (Å²) < 4.78 is 13.5. The van der Waals surface area contributed by atoms with Gasteiger partial charge in [0, 0.05) is 49.5 Å². The quantitative estimate of drug-likeness (QED) is 0.644. The number of non-ortho nitro benzene ring substituents is 1. The molecule has 1 aliphatic rings. The monoisotopic (exact) mass is 308 g/mol. The molecule has 0 aliphatic carbocycles. The number of nitro benzene ring substituents is 1. The van der Waals surface area contributed by atoms with E-state index in [1.807, 2.05) is 10.3 Å². The van der Waals surface area contributed by atoms with E-state index in [0.29, 0.717) is 18.8 Å². The Morgan fingerprint density at radius 3 is 2.52 bits per heavy atom. The van der Waals surface area contributed by atoms with Crippen LogP contribution in [0.5, 0.6) is 0 Å². The second kappa shape index (κ2) is 5.65. The van der Waals surface area contributed by atoms with Crippen molar-refractivity contribution in [1.82, 2.24) is 4.98 Å². The topological polar surface area (TPSA) is 62.5 Å². The summed E-state index contributed by atoms with van der Waals surface area (Å²) in [5.74, 6) is -0.582. The summed E-state index contributed by atoms with van der Waals surface area (Å²) in [5.41, 5.74) is 0.341. The number of anilines is 2. The Balaban J connectivity index is 1.73. The lowest BCUT2D eigenvalue weighted by Crippen LogP contribution is -2.46. The summed E-state index contributed by atoms with van der Waals surface area (Å²) in [4.78, 5) is 18.6. The molecule has 0 unspecified atom stereocenters. The summed E-state index contributed by atoms with van der Waals surface area (Å²) >= 11 is 1.58. The molecule has 0 spiro atoms. The Kier molecular flexibility index (Phi) is 3.70. The number of piperazine rings is 1. The SMILES string of the molecule is O=[N+]([O-])c1cc(F)cc(N2CCN(c3nccs3)CC2)c1. The number of rotatable bonds is 3. The van der Waals surface area contributed by atoms with Gasteiger partial charge in [-0.1, -0.05) is 0 Å². The number of aromatic nitrogens is 1. The van der Waals surface area contributed by atoms with E-state index in [1.165, 1.54) is 12.1 Å². The maximum Gasteiger partial charge on any atom is 0.274 e. The zero-order valence-corrected chi connectivity index (χ0v) is 11.9. The van der Waals surface area contributed by atoms with Gasteiger partial charge in [0.15, 0.2) is 5.13 Å². The highest BCUT2D eigenvalue weighted by atomic mass is 32.1. The summed E-state index contributed by atoms with van der Waals surface area (Å²) in [5, 5.41) is 13.7. The number of benzene rings is 1. The van der Waals surface area contributed by atoms with Crippen molar-refractivity contribution in [3.8, 4) is 0 Å². The molecule has 1 saturated heterocycles. The zero-order chi connectivity index (χ0) is 14.8. The molecule has 6 nitrogen and oxygen atoms in total. The van der Waals surface area contributed by atoms with Crippen molar-refractivity contribution in [3.63, 3.8) is 0 Å². The van der Waals surface area contributed by atoms with Gasteiger partial charge in [-0.15, -0.1) is 11.3 Å². The fourth-order valence-corrected chi connectivity index (χ4v) is 3.07. The van der Waals surface area contributed by atoms with Gasteiger partial charge < -0.3 is 9.80 Å². The number of hydrogen-bond acceptors (Lipinski definition) is 6. The van der Waals surface area contributed by atoms with Gasteiger partial charge in [0.05, 0.1) is 11.0 Å². The van der Waals surface area contributed by atoms with Crippen molar-refractivity contribution in [2.75, 3.05) is 36.0 Å². The van der Waals surface area contributed by atoms with Gasteiger partial charge in [0.1, 0.15) is 5.82 Å². The van der Waals surface area contributed by atoms with Crippen LogP contribution in [0.1, 0.15) is 0 Å². The maximum absolute atomic E-state index is 13.5. The molecule has 110 valence electrons. The molecular formula is C13H13FN4O2S. The molecule has 0 atom stereocenters. The van der Waals surface area contributed by atoms with Gasteiger partial charge >= 0.3 is 0 Å². The molecule has 2 heterocycles. The van der Waals surface area contributed by atoms with Crippen LogP contribution >= 0.6 is 11.3 Å². The Labute approximate surface area is 124 Å². The fraction of sp³-hybridized carbons (Fsp3) is 0.308. The molecule has 1 aromatic carbocycles. The van der Waals surface area contributed by atoms with Crippen LogP contribution in [-0.4, -0.2) is 36.1 Å². The summed E-state index contributed by atoms with van der Waals surface area (Å²) in [7, 11) is 0. The fourth-order valence-electron chi connectivity index (χ4n) is 2.38. The highest BCUT2D eigenvalue weighted by Gasteiger charge is 2.21. The lowest BCUT2D eigenvalue weighted by atomic mass is 10.2. The predicted molar refractivity (Wildman–Crippen MR) is 79.6 cm³/mol. The molecule has 1 aromatic heterocycles. The molecule has 2 aromatic rings. The van der Waals surface area contributed by atoms with E-state index in [-0.39, 0.29) is 5.69 Å². The van der Waals surface area contributed by atoms with Crippen LogP contribution in [0.4, 0.5) is 20.9 Å². The second-order valence-electron chi connectivity index (χ2n) is 4.71. The second-order valence-corrected chi connectivity index (χ2v) is 5.59. The van der Waals surface area contributed by atoms with E-state index < -0.39 is 10.7 Å². The lowest BCUT2D eigenvalue weighted by molar-refractivity contribution is -0.385. The molecule has 0 saturated carbocycles. The number of nitrogens with zero attached hydrogens (tertiary/aromatic N) is 4. The average molecular weight is 308 g/mol. The highest BCUT2D eigenvalue weighted by molar-refractivity contribution is 7.13. The minimum atomic E-state index is -0.582.